The van der Waals surface area contributed by atoms with Crippen LogP contribution < -0.4 is 5.32 Å². The normalized spacial score (nSPS) is 13.2. The molecule has 0 saturated carbocycles. The number of carbonyl (C=O) groups is 1. The number of aliphatic hydroxyl groups excluding tert-OH is 1. The smallest absolute Gasteiger partial charge is 0.244 e. The molecule has 0 radical (unpaired) electrons. The molecule has 0 spiro atoms. The Morgan fingerprint density at radius 1 is 1.15 bits per heavy atom. The highest BCUT2D eigenvalue weighted by atomic mass is 28.4. The van der Waals surface area contributed by atoms with Crippen LogP contribution in [0.1, 0.15) is 0 Å². The molecule has 0 aliphatic heterocycles. The minimum absolute atomic E-state index is 0.235. The molecule has 0 saturated heterocycles. The van der Waals surface area contributed by atoms with Gasteiger partial charge in [-0.3, -0.25) is 4.79 Å². The zero-order valence-corrected chi connectivity index (χ0v) is 15.6. The Morgan fingerprint density at radius 3 is 1.80 bits per heavy atom. The molecule has 1 amide bonds. The van der Waals surface area contributed by atoms with Crippen LogP contribution in [0.25, 0.3) is 0 Å². The molecule has 0 unspecified atom stereocenters. The number of nitrogens with one attached hydrogen (secondary N) is 1. The molecule has 0 heterocycles. The maximum absolute atomic E-state index is 11.6. The minimum atomic E-state index is -1.75. The van der Waals surface area contributed by atoms with E-state index in [2.05, 4.69) is 51.2 Å². The molecule has 0 aromatic heterocycles. The van der Waals surface area contributed by atoms with Crippen molar-refractivity contribution < 1.29 is 18.8 Å². The number of amides is 1. The largest absolute Gasteiger partial charge is 0.415 e. The van der Waals surface area contributed by atoms with Gasteiger partial charge >= 0.3 is 0 Å². The molecule has 0 rings (SSSR count). The highest BCUT2D eigenvalue weighted by Crippen LogP contribution is 2.14. The van der Waals surface area contributed by atoms with Crippen LogP contribution in [0.3, 0.4) is 0 Å². The summed E-state index contributed by atoms with van der Waals surface area (Å²) in [5.74, 6) is -0.336. The summed E-state index contributed by atoms with van der Waals surface area (Å²) in [7, 11) is -3.50. The average Bonchev–Trinajstić information content (AvgIpc) is 2.30. The van der Waals surface area contributed by atoms with Crippen LogP contribution in [0.4, 0.5) is 0 Å². The second-order valence-electron chi connectivity index (χ2n) is 6.93. The first-order chi connectivity index (χ1) is 8.93. The van der Waals surface area contributed by atoms with Gasteiger partial charge in [0.15, 0.2) is 16.6 Å². The standard InChI is InChI=1S/C13H29NO4Si2/c1-8-12(16)14-13(9-15,10-17-19(2,3)4)11-18-20(5,6)7/h8,15H,1,9-11H2,2-7H3,(H,14,16). The van der Waals surface area contributed by atoms with Crippen LogP contribution in [0.15, 0.2) is 12.7 Å². The predicted molar refractivity (Wildman–Crippen MR) is 86.8 cm³/mol. The lowest BCUT2D eigenvalue weighted by molar-refractivity contribution is -0.120. The first-order valence-electron chi connectivity index (χ1n) is 6.76. The first kappa shape index (κ1) is 19.5. The topological polar surface area (TPSA) is 67.8 Å². The fourth-order valence-corrected chi connectivity index (χ4v) is 2.68. The van der Waals surface area contributed by atoms with Crippen molar-refractivity contribution in [3.8, 4) is 0 Å². The predicted octanol–water partition coefficient (Wildman–Crippen LogP) is 1.72. The number of hydrogen-bond acceptors (Lipinski definition) is 4. The van der Waals surface area contributed by atoms with E-state index in [1.54, 1.807) is 0 Å². The summed E-state index contributed by atoms with van der Waals surface area (Å²) >= 11 is 0. The van der Waals surface area contributed by atoms with E-state index in [-0.39, 0.29) is 25.7 Å². The minimum Gasteiger partial charge on any atom is -0.415 e. The number of aliphatic hydroxyl groups is 1. The molecule has 0 aromatic rings. The molecular weight excluding hydrogens is 290 g/mol. The second kappa shape index (κ2) is 7.51. The van der Waals surface area contributed by atoms with Crippen molar-refractivity contribution in [2.45, 2.75) is 44.8 Å². The zero-order chi connectivity index (χ0) is 16.0. The van der Waals surface area contributed by atoms with E-state index in [1.165, 1.54) is 6.08 Å². The van der Waals surface area contributed by atoms with E-state index in [0.717, 1.165) is 0 Å². The Morgan fingerprint density at radius 2 is 1.55 bits per heavy atom. The van der Waals surface area contributed by atoms with Crippen molar-refractivity contribution in [2.75, 3.05) is 19.8 Å². The van der Waals surface area contributed by atoms with Crippen molar-refractivity contribution in [1.82, 2.24) is 5.32 Å². The fraction of sp³-hybridized carbons (Fsp3) is 0.769. The quantitative estimate of drug-likeness (QED) is 0.502. The third-order valence-corrected chi connectivity index (χ3v) is 4.46. The Balaban J connectivity index is 4.96. The summed E-state index contributed by atoms with van der Waals surface area (Å²) in [6.45, 7) is 16.0. The lowest BCUT2D eigenvalue weighted by Crippen LogP contribution is -2.60. The lowest BCUT2D eigenvalue weighted by atomic mass is 10.0. The van der Waals surface area contributed by atoms with Crippen molar-refractivity contribution in [3.05, 3.63) is 12.7 Å². The van der Waals surface area contributed by atoms with Gasteiger partial charge in [0.05, 0.1) is 19.8 Å². The van der Waals surface area contributed by atoms with E-state index in [1.807, 2.05) is 0 Å². The van der Waals surface area contributed by atoms with E-state index >= 15 is 0 Å². The SMILES string of the molecule is C=CC(=O)NC(CO)(CO[Si](C)(C)C)CO[Si](C)(C)C. The molecule has 5 nitrogen and oxygen atoms in total. The van der Waals surface area contributed by atoms with Crippen LogP contribution in [0.5, 0.6) is 0 Å². The van der Waals surface area contributed by atoms with Crippen LogP contribution >= 0.6 is 0 Å². The molecule has 0 aromatic carbocycles. The van der Waals surface area contributed by atoms with Gasteiger partial charge in [-0.1, -0.05) is 6.58 Å². The van der Waals surface area contributed by atoms with Gasteiger partial charge in [0.1, 0.15) is 5.54 Å². The van der Waals surface area contributed by atoms with E-state index < -0.39 is 22.2 Å². The molecule has 7 heteroatoms. The molecule has 20 heavy (non-hydrogen) atoms. The molecule has 0 fully saturated rings. The summed E-state index contributed by atoms with van der Waals surface area (Å²) in [5.41, 5.74) is -0.911. The van der Waals surface area contributed by atoms with Crippen LogP contribution in [-0.2, 0) is 13.6 Å². The summed E-state index contributed by atoms with van der Waals surface area (Å²) in [6, 6.07) is 0. The van der Waals surface area contributed by atoms with Gasteiger partial charge in [0, 0.05) is 0 Å². The molecule has 0 bridgehead atoms. The second-order valence-corrected chi connectivity index (χ2v) is 16.0. The Hall–Kier alpha value is -0.476. The summed E-state index contributed by atoms with van der Waals surface area (Å²) in [6.07, 6.45) is 1.19. The van der Waals surface area contributed by atoms with Crippen molar-refractivity contribution in [3.63, 3.8) is 0 Å². The first-order valence-corrected chi connectivity index (χ1v) is 13.6. The number of hydrogen-bond donors (Lipinski definition) is 2. The van der Waals surface area contributed by atoms with Crippen LogP contribution in [-0.4, -0.2) is 53.0 Å². The number of carbonyl (C=O) groups excluding carboxylic acids is 1. The van der Waals surface area contributed by atoms with Crippen molar-refractivity contribution in [2.24, 2.45) is 0 Å². The van der Waals surface area contributed by atoms with Gasteiger partial charge in [-0.2, -0.15) is 0 Å². The maximum atomic E-state index is 11.6. The van der Waals surface area contributed by atoms with Crippen LogP contribution in [0, 0.1) is 0 Å². The van der Waals surface area contributed by atoms with Gasteiger partial charge < -0.3 is 19.3 Å². The van der Waals surface area contributed by atoms with Crippen LogP contribution in [0.2, 0.25) is 39.3 Å². The van der Waals surface area contributed by atoms with Crippen molar-refractivity contribution in [1.29, 1.82) is 0 Å². The third kappa shape index (κ3) is 8.65. The summed E-state index contributed by atoms with van der Waals surface area (Å²) in [5, 5.41) is 12.5. The molecule has 0 aliphatic carbocycles. The molecule has 0 aliphatic rings. The van der Waals surface area contributed by atoms with E-state index in [4.69, 9.17) is 8.85 Å². The third-order valence-electron chi connectivity index (χ3n) is 2.44. The highest BCUT2D eigenvalue weighted by Gasteiger charge is 2.35. The van der Waals surface area contributed by atoms with Gasteiger partial charge in [0.25, 0.3) is 0 Å². The molecule has 118 valence electrons. The highest BCUT2D eigenvalue weighted by molar-refractivity contribution is 6.70. The van der Waals surface area contributed by atoms with E-state index in [9.17, 15) is 9.90 Å². The number of rotatable bonds is 9. The average molecular weight is 320 g/mol. The monoisotopic (exact) mass is 319 g/mol. The molecule has 0 atom stereocenters. The Labute approximate surface area is 124 Å². The van der Waals surface area contributed by atoms with E-state index in [0.29, 0.717) is 0 Å². The zero-order valence-electron chi connectivity index (χ0n) is 13.6. The van der Waals surface area contributed by atoms with Gasteiger partial charge in [-0.15, -0.1) is 0 Å². The lowest BCUT2D eigenvalue weighted by Gasteiger charge is -2.36. The Kier molecular flexibility index (Phi) is 7.33. The maximum Gasteiger partial charge on any atom is 0.244 e. The van der Waals surface area contributed by atoms with Gasteiger partial charge in [0.2, 0.25) is 5.91 Å². The molecular formula is C13H29NO4Si2. The summed E-state index contributed by atoms with van der Waals surface area (Å²) in [4.78, 5) is 11.6. The molecule has 2 N–H and O–H groups in total. The fourth-order valence-electron chi connectivity index (χ4n) is 1.27. The van der Waals surface area contributed by atoms with Gasteiger partial charge in [-0.25, -0.2) is 0 Å². The van der Waals surface area contributed by atoms with Crippen molar-refractivity contribution >= 4 is 22.5 Å². The Bertz CT molecular complexity index is 316. The summed E-state index contributed by atoms with van der Waals surface area (Å²) < 4.78 is 11.7. The van der Waals surface area contributed by atoms with Gasteiger partial charge in [-0.05, 0) is 45.4 Å².